The first-order valence-corrected chi connectivity index (χ1v) is 12.1. The number of thioether (sulfide) groups is 1. The highest BCUT2D eigenvalue weighted by Gasteiger charge is 2.36. The lowest BCUT2D eigenvalue weighted by molar-refractivity contribution is -0.0705. The van der Waals surface area contributed by atoms with E-state index in [0.717, 1.165) is 40.7 Å². The number of benzene rings is 1. The van der Waals surface area contributed by atoms with Crippen molar-refractivity contribution in [3.63, 3.8) is 0 Å². The molecule has 33 heavy (non-hydrogen) atoms. The quantitative estimate of drug-likeness (QED) is 0.564. The Morgan fingerprint density at radius 1 is 1.24 bits per heavy atom. The van der Waals surface area contributed by atoms with Crippen molar-refractivity contribution in [2.24, 2.45) is 4.99 Å². The number of hydrogen-bond donors (Lipinski definition) is 1. The summed E-state index contributed by atoms with van der Waals surface area (Å²) in [5, 5.41) is 3.82. The van der Waals surface area contributed by atoms with Crippen molar-refractivity contribution in [3.05, 3.63) is 75.8 Å². The molecule has 0 radical (unpaired) electrons. The van der Waals surface area contributed by atoms with Crippen molar-refractivity contribution in [3.8, 4) is 5.75 Å². The molecule has 2 aliphatic heterocycles. The molecule has 2 atom stereocenters. The molecule has 1 saturated heterocycles. The van der Waals surface area contributed by atoms with E-state index in [2.05, 4.69) is 23.9 Å². The van der Waals surface area contributed by atoms with Crippen LogP contribution in [0.15, 0.2) is 58.4 Å². The average molecular weight is 465 g/mol. The van der Waals surface area contributed by atoms with Crippen LogP contribution in [0.4, 0.5) is 5.82 Å². The second kappa shape index (κ2) is 8.83. The SMILES string of the molecule is CC1=Nc2c(c(=O)[nH]n2[C@@H]2CCOC(C)(C)C2)[C@@H](c2ccccc2OCc2ccccn2)S1. The lowest BCUT2D eigenvalue weighted by atomic mass is 9.94. The molecule has 5 rings (SSSR count). The van der Waals surface area contributed by atoms with Crippen LogP contribution in [0.2, 0.25) is 0 Å². The Morgan fingerprint density at radius 3 is 2.85 bits per heavy atom. The number of fused-ring (bicyclic) bond motifs is 1. The molecule has 1 fully saturated rings. The van der Waals surface area contributed by atoms with Crippen molar-refractivity contribution < 1.29 is 9.47 Å². The molecule has 2 aromatic heterocycles. The van der Waals surface area contributed by atoms with Crippen LogP contribution in [0, 0.1) is 0 Å². The monoisotopic (exact) mass is 464 g/mol. The van der Waals surface area contributed by atoms with Crippen molar-refractivity contribution >= 4 is 22.6 Å². The van der Waals surface area contributed by atoms with E-state index in [9.17, 15) is 4.79 Å². The molecule has 2 aliphatic rings. The summed E-state index contributed by atoms with van der Waals surface area (Å²) in [5.74, 6) is 1.48. The Labute approximate surface area is 197 Å². The maximum Gasteiger partial charge on any atom is 0.271 e. The molecule has 0 aliphatic carbocycles. The maximum absolute atomic E-state index is 13.2. The first-order valence-electron chi connectivity index (χ1n) is 11.2. The summed E-state index contributed by atoms with van der Waals surface area (Å²) in [4.78, 5) is 22.4. The molecule has 4 heterocycles. The fourth-order valence-electron chi connectivity index (χ4n) is 4.58. The van der Waals surface area contributed by atoms with Gasteiger partial charge in [0, 0.05) is 18.4 Å². The summed E-state index contributed by atoms with van der Waals surface area (Å²) >= 11 is 1.59. The number of ether oxygens (including phenoxy) is 2. The van der Waals surface area contributed by atoms with Gasteiger partial charge in [-0.1, -0.05) is 36.0 Å². The van der Waals surface area contributed by atoms with Gasteiger partial charge < -0.3 is 9.47 Å². The van der Waals surface area contributed by atoms with E-state index in [-0.39, 0.29) is 22.5 Å². The number of aromatic nitrogens is 3. The zero-order valence-corrected chi connectivity index (χ0v) is 19.9. The second-order valence-electron chi connectivity index (χ2n) is 9.08. The van der Waals surface area contributed by atoms with Gasteiger partial charge in [0.05, 0.1) is 33.2 Å². The zero-order chi connectivity index (χ0) is 23.0. The Morgan fingerprint density at radius 2 is 2.06 bits per heavy atom. The number of para-hydroxylation sites is 1. The normalized spacial score (nSPS) is 21.8. The van der Waals surface area contributed by atoms with Gasteiger partial charge in [-0.3, -0.25) is 19.6 Å². The number of hydrogen-bond acceptors (Lipinski definition) is 6. The molecule has 172 valence electrons. The minimum Gasteiger partial charge on any atom is -0.487 e. The number of H-pyrrole nitrogens is 1. The highest BCUT2D eigenvalue weighted by Crippen LogP contribution is 2.47. The molecule has 1 N–H and O–H groups in total. The van der Waals surface area contributed by atoms with E-state index in [1.165, 1.54) is 0 Å². The first-order chi connectivity index (χ1) is 15.9. The Bertz CT molecular complexity index is 1230. The molecule has 7 nitrogen and oxygen atoms in total. The van der Waals surface area contributed by atoms with Gasteiger partial charge >= 0.3 is 0 Å². The third-order valence-electron chi connectivity index (χ3n) is 6.09. The highest BCUT2D eigenvalue weighted by atomic mass is 32.2. The van der Waals surface area contributed by atoms with Gasteiger partial charge in [0.25, 0.3) is 5.56 Å². The molecule has 0 saturated carbocycles. The van der Waals surface area contributed by atoms with Crippen LogP contribution < -0.4 is 10.3 Å². The smallest absolute Gasteiger partial charge is 0.271 e. The van der Waals surface area contributed by atoms with Crippen LogP contribution in [0.1, 0.15) is 61.7 Å². The predicted molar refractivity (Wildman–Crippen MR) is 131 cm³/mol. The summed E-state index contributed by atoms with van der Waals surface area (Å²) < 4.78 is 14.0. The van der Waals surface area contributed by atoms with Gasteiger partial charge in [-0.05, 0) is 51.8 Å². The third-order valence-corrected chi connectivity index (χ3v) is 7.25. The van der Waals surface area contributed by atoms with Crippen molar-refractivity contribution in [1.82, 2.24) is 14.8 Å². The first kappa shape index (κ1) is 22.0. The number of nitrogens with zero attached hydrogens (tertiary/aromatic N) is 3. The Kier molecular flexibility index (Phi) is 5.88. The Balaban J connectivity index is 1.51. The van der Waals surface area contributed by atoms with Crippen LogP contribution in [0.5, 0.6) is 5.75 Å². The van der Waals surface area contributed by atoms with E-state index in [1.807, 2.05) is 54.1 Å². The van der Waals surface area contributed by atoms with E-state index in [4.69, 9.17) is 14.5 Å². The summed E-state index contributed by atoms with van der Waals surface area (Å²) in [6.07, 6.45) is 3.42. The van der Waals surface area contributed by atoms with Crippen molar-refractivity contribution in [1.29, 1.82) is 0 Å². The highest BCUT2D eigenvalue weighted by molar-refractivity contribution is 8.14. The molecule has 0 amide bonds. The molecule has 0 bridgehead atoms. The van der Waals surface area contributed by atoms with Crippen molar-refractivity contribution in [2.45, 2.75) is 57.1 Å². The van der Waals surface area contributed by atoms with E-state index >= 15 is 0 Å². The summed E-state index contributed by atoms with van der Waals surface area (Å²) in [5.41, 5.74) is 2.17. The summed E-state index contributed by atoms with van der Waals surface area (Å²) in [6, 6.07) is 13.8. The van der Waals surface area contributed by atoms with Gasteiger partial charge in [-0.2, -0.15) is 0 Å². The van der Waals surface area contributed by atoms with E-state index in [0.29, 0.717) is 18.8 Å². The number of pyridine rings is 1. The lowest BCUT2D eigenvalue weighted by Crippen LogP contribution is -2.35. The van der Waals surface area contributed by atoms with Gasteiger partial charge in [-0.15, -0.1) is 0 Å². The molecule has 0 unspecified atom stereocenters. The van der Waals surface area contributed by atoms with Crippen LogP contribution >= 0.6 is 11.8 Å². The largest absolute Gasteiger partial charge is 0.487 e. The van der Waals surface area contributed by atoms with Crippen molar-refractivity contribution in [2.75, 3.05) is 6.61 Å². The molecule has 0 spiro atoms. The maximum atomic E-state index is 13.2. The topological polar surface area (TPSA) is 81.5 Å². The number of aromatic amines is 1. The number of nitrogens with one attached hydrogen (secondary N) is 1. The number of aliphatic imine (C=N–C) groups is 1. The van der Waals surface area contributed by atoms with Gasteiger partial charge in [0.1, 0.15) is 12.4 Å². The van der Waals surface area contributed by atoms with Crippen LogP contribution in [0.25, 0.3) is 0 Å². The van der Waals surface area contributed by atoms with Crippen LogP contribution in [-0.4, -0.2) is 32.0 Å². The number of rotatable bonds is 5. The van der Waals surface area contributed by atoms with Crippen LogP contribution in [-0.2, 0) is 11.3 Å². The standard InChI is InChI=1S/C25H28N4O3S/c1-16-27-23-21(24(30)28-29(23)18-11-13-32-25(2,3)14-18)22(33-16)19-9-4-5-10-20(19)31-15-17-8-6-7-12-26-17/h4-10,12,18,22H,11,13-15H2,1-3H3,(H,28,30)/t18-,22-/m1/s1. The fourth-order valence-corrected chi connectivity index (χ4v) is 5.71. The fraction of sp³-hybridized carbons (Fsp3) is 0.400. The minimum absolute atomic E-state index is 0.0948. The van der Waals surface area contributed by atoms with Gasteiger partial charge in [0.15, 0.2) is 5.82 Å². The molecule has 3 aromatic rings. The molecular weight excluding hydrogens is 436 g/mol. The summed E-state index contributed by atoms with van der Waals surface area (Å²) in [7, 11) is 0. The second-order valence-corrected chi connectivity index (χ2v) is 10.4. The third kappa shape index (κ3) is 4.50. The predicted octanol–water partition coefficient (Wildman–Crippen LogP) is 5.17. The molecular formula is C25H28N4O3S. The average Bonchev–Trinajstić information content (AvgIpc) is 3.13. The molecule has 8 heteroatoms. The lowest BCUT2D eigenvalue weighted by Gasteiger charge is -2.36. The minimum atomic E-state index is -0.232. The summed E-state index contributed by atoms with van der Waals surface area (Å²) in [6.45, 7) is 7.21. The molecule has 1 aromatic carbocycles. The van der Waals surface area contributed by atoms with E-state index < -0.39 is 0 Å². The zero-order valence-electron chi connectivity index (χ0n) is 19.1. The van der Waals surface area contributed by atoms with E-state index in [1.54, 1.807) is 18.0 Å². The van der Waals surface area contributed by atoms with Gasteiger partial charge in [-0.25, -0.2) is 4.99 Å². The Hall–Kier alpha value is -2.84. The van der Waals surface area contributed by atoms with Gasteiger partial charge in [0.2, 0.25) is 0 Å². The van der Waals surface area contributed by atoms with Crippen LogP contribution in [0.3, 0.4) is 0 Å².